The molecule has 1 amide bonds. The predicted octanol–water partition coefficient (Wildman–Crippen LogP) is 4.34. The van der Waals surface area contributed by atoms with Gasteiger partial charge in [0.2, 0.25) is 5.91 Å². The molecule has 3 aromatic rings. The second kappa shape index (κ2) is 10.3. The minimum absolute atomic E-state index is 0.0694. The highest BCUT2D eigenvalue weighted by Gasteiger charge is 2.31. The van der Waals surface area contributed by atoms with Crippen molar-refractivity contribution in [2.75, 3.05) is 40.5 Å². The van der Waals surface area contributed by atoms with Crippen LogP contribution in [0.3, 0.4) is 0 Å². The minimum Gasteiger partial charge on any atom is -0.493 e. The van der Waals surface area contributed by atoms with E-state index >= 15 is 0 Å². The van der Waals surface area contributed by atoms with E-state index in [-0.39, 0.29) is 11.9 Å². The first-order valence-electron chi connectivity index (χ1n) is 12.7. The Hall–Kier alpha value is -3.83. The maximum absolute atomic E-state index is 13.0. The van der Waals surface area contributed by atoms with Crippen molar-refractivity contribution in [3.8, 4) is 17.6 Å². The van der Waals surface area contributed by atoms with Gasteiger partial charge in [0.05, 0.1) is 44.7 Å². The number of fused-ring (bicyclic) bond motifs is 2. The summed E-state index contributed by atoms with van der Waals surface area (Å²) in [5.74, 6) is 1.37. The molecule has 192 valence electrons. The van der Waals surface area contributed by atoms with Gasteiger partial charge in [0.15, 0.2) is 11.5 Å². The predicted molar refractivity (Wildman–Crippen MR) is 141 cm³/mol. The van der Waals surface area contributed by atoms with Crippen LogP contribution >= 0.6 is 0 Å². The number of aromatic nitrogens is 2. The maximum atomic E-state index is 13.0. The summed E-state index contributed by atoms with van der Waals surface area (Å²) >= 11 is 0. The number of ether oxygens (including phenoxy) is 3. The van der Waals surface area contributed by atoms with Gasteiger partial charge in [0.1, 0.15) is 11.7 Å². The fourth-order valence-electron chi connectivity index (χ4n) is 5.77. The molecule has 8 nitrogen and oxygen atoms in total. The highest BCUT2D eigenvalue weighted by molar-refractivity contribution is 5.96. The molecule has 1 saturated heterocycles. The topological polar surface area (TPSA) is 89.6 Å². The van der Waals surface area contributed by atoms with Crippen LogP contribution in [-0.4, -0.2) is 60.9 Å². The van der Waals surface area contributed by atoms with Crippen LogP contribution < -0.4 is 9.47 Å². The van der Waals surface area contributed by atoms with Gasteiger partial charge in [-0.25, -0.2) is 4.98 Å². The lowest BCUT2D eigenvalue weighted by atomic mass is 9.86. The summed E-state index contributed by atoms with van der Waals surface area (Å²) in [7, 11) is 3.31. The lowest BCUT2D eigenvalue weighted by molar-refractivity contribution is -0.129. The van der Waals surface area contributed by atoms with Crippen molar-refractivity contribution in [1.29, 1.82) is 5.26 Å². The lowest BCUT2D eigenvalue weighted by Crippen LogP contribution is -2.39. The molecule has 1 unspecified atom stereocenters. The Morgan fingerprint density at radius 3 is 2.70 bits per heavy atom. The SMILES string of the molecule is COc1ccc2c(c1OC)CCCC2n1c(C=CC(=O)N2CCOCC2)c(C#N)c2c(C)cc(C)nc21. The van der Waals surface area contributed by atoms with Crippen molar-refractivity contribution in [1.82, 2.24) is 14.5 Å². The maximum Gasteiger partial charge on any atom is 0.246 e. The smallest absolute Gasteiger partial charge is 0.246 e. The number of methoxy groups -OCH3 is 2. The highest BCUT2D eigenvalue weighted by Crippen LogP contribution is 2.45. The average molecular weight is 501 g/mol. The van der Waals surface area contributed by atoms with Crippen LogP contribution in [0.2, 0.25) is 0 Å². The summed E-state index contributed by atoms with van der Waals surface area (Å²) in [6.45, 7) is 6.18. The second-order valence-electron chi connectivity index (χ2n) is 9.57. The summed E-state index contributed by atoms with van der Waals surface area (Å²) < 4.78 is 18.9. The number of amides is 1. The van der Waals surface area contributed by atoms with Gasteiger partial charge < -0.3 is 23.7 Å². The van der Waals surface area contributed by atoms with E-state index in [9.17, 15) is 10.1 Å². The Kier molecular flexibility index (Phi) is 6.90. The first kappa shape index (κ1) is 24.8. The Balaban J connectivity index is 1.72. The third-order valence-corrected chi connectivity index (χ3v) is 7.40. The van der Waals surface area contributed by atoms with Gasteiger partial charge in [-0.1, -0.05) is 6.07 Å². The molecule has 8 heteroatoms. The fraction of sp³-hybridized carbons (Fsp3) is 0.414. The molecule has 0 N–H and O–H groups in total. The minimum atomic E-state index is -0.0830. The molecule has 1 atom stereocenters. The van der Waals surface area contributed by atoms with Gasteiger partial charge in [-0.05, 0) is 62.4 Å². The number of benzene rings is 1. The van der Waals surface area contributed by atoms with Crippen LogP contribution in [0, 0.1) is 25.2 Å². The highest BCUT2D eigenvalue weighted by atomic mass is 16.5. The third kappa shape index (κ3) is 4.34. The van der Waals surface area contributed by atoms with E-state index in [0.717, 1.165) is 58.4 Å². The van der Waals surface area contributed by atoms with Crippen molar-refractivity contribution in [2.45, 2.75) is 39.2 Å². The van der Waals surface area contributed by atoms with Gasteiger partial charge >= 0.3 is 0 Å². The average Bonchev–Trinajstić information content (AvgIpc) is 3.24. The van der Waals surface area contributed by atoms with Gasteiger partial charge in [-0.3, -0.25) is 4.79 Å². The Bertz CT molecular complexity index is 1430. The van der Waals surface area contributed by atoms with Crippen molar-refractivity contribution in [3.05, 3.63) is 57.9 Å². The normalized spacial score (nSPS) is 17.6. The molecule has 0 saturated carbocycles. The molecule has 0 spiro atoms. The van der Waals surface area contributed by atoms with Gasteiger partial charge in [-0.2, -0.15) is 5.26 Å². The summed E-state index contributed by atoms with van der Waals surface area (Å²) in [6, 6.07) is 8.39. The number of hydrogen-bond donors (Lipinski definition) is 0. The second-order valence-corrected chi connectivity index (χ2v) is 9.57. The summed E-state index contributed by atoms with van der Waals surface area (Å²) in [5.41, 5.74) is 6.13. The van der Waals surface area contributed by atoms with Gasteiger partial charge in [0.25, 0.3) is 0 Å². The molecule has 5 rings (SSSR count). The van der Waals surface area contributed by atoms with Gasteiger partial charge in [0, 0.05) is 35.8 Å². The van der Waals surface area contributed by atoms with Crippen molar-refractivity contribution < 1.29 is 19.0 Å². The number of rotatable bonds is 5. The number of nitriles is 1. The van der Waals surface area contributed by atoms with E-state index in [1.165, 1.54) is 0 Å². The van der Waals surface area contributed by atoms with E-state index in [1.807, 2.05) is 26.0 Å². The van der Waals surface area contributed by atoms with Crippen molar-refractivity contribution >= 4 is 23.0 Å². The number of carbonyl (C=O) groups excluding carboxylic acids is 1. The van der Waals surface area contributed by atoms with Crippen LogP contribution in [0.5, 0.6) is 11.5 Å². The van der Waals surface area contributed by atoms with E-state index in [0.29, 0.717) is 43.3 Å². The molecular weight excluding hydrogens is 468 g/mol. The van der Waals surface area contributed by atoms with Crippen LogP contribution in [0.25, 0.3) is 17.1 Å². The number of carbonyl (C=O) groups is 1. The molecule has 2 aromatic heterocycles. The molecule has 1 aromatic carbocycles. The van der Waals surface area contributed by atoms with Gasteiger partial charge in [-0.15, -0.1) is 0 Å². The monoisotopic (exact) mass is 500 g/mol. The van der Waals surface area contributed by atoms with Crippen LogP contribution in [0.4, 0.5) is 0 Å². The molecule has 37 heavy (non-hydrogen) atoms. The molecule has 3 heterocycles. The Morgan fingerprint density at radius 1 is 1.22 bits per heavy atom. The molecule has 1 aliphatic heterocycles. The van der Waals surface area contributed by atoms with Crippen LogP contribution in [-0.2, 0) is 16.0 Å². The van der Waals surface area contributed by atoms with E-state index in [1.54, 1.807) is 31.3 Å². The zero-order valence-electron chi connectivity index (χ0n) is 21.8. The van der Waals surface area contributed by atoms with Crippen LogP contribution in [0.15, 0.2) is 24.3 Å². The zero-order valence-corrected chi connectivity index (χ0v) is 21.8. The Labute approximate surface area is 217 Å². The van der Waals surface area contributed by atoms with Crippen molar-refractivity contribution in [2.24, 2.45) is 0 Å². The molecule has 2 aliphatic rings. The third-order valence-electron chi connectivity index (χ3n) is 7.40. The number of nitrogens with zero attached hydrogens (tertiary/aromatic N) is 4. The molecular formula is C29H32N4O4. The molecule has 0 bridgehead atoms. The fourth-order valence-corrected chi connectivity index (χ4v) is 5.77. The number of morpholine rings is 1. The van der Waals surface area contributed by atoms with E-state index < -0.39 is 0 Å². The molecule has 0 radical (unpaired) electrons. The zero-order chi connectivity index (χ0) is 26.1. The first-order chi connectivity index (χ1) is 18.0. The lowest BCUT2D eigenvalue weighted by Gasteiger charge is -2.30. The molecule has 1 aliphatic carbocycles. The van der Waals surface area contributed by atoms with Crippen molar-refractivity contribution in [3.63, 3.8) is 0 Å². The molecule has 1 fully saturated rings. The standard InChI is InChI=1S/C29H32N4O4/c1-18-16-19(2)31-29-27(18)22(17-30)24(9-11-26(34)32-12-14-37-15-13-32)33(29)23-7-5-6-21-20(23)8-10-25(35-3)28(21)36-4/h8-11,16,23H,5-7,12-15H2,1-4H3. The number of pyridine rings is 1. The quantitative estimate of drug-likeness (QED) is 0.484. The van der Waals surface area contributed by atoms with E-state index in [2.05, 4.69) is 16.7 Å². The van der Waals surface area contributed by atoms with E-state index in [4.69, 9.17) is 19.2 Å². The summed E-state index contributed by atoms with van der Waals surface area (Å²) in [5, 5.41) is 11.1. The largest absolute Gasteiger partial charge is 0.493 e. The Morgan fingerprint density at radius 2 is 2.00 bits per heavy atom. The van der Waals surface area contributed by atoms with Crippen LogP contribution in [0.1, 0.15) is 52.5 Å². The number of aryl methyl sites for hydroxylation is 2. The summed E-state index contributed by atoms with van der Waals surface area (Å²) in [4.78, 5) is 19.7. The first-order valence-corrected chi connectivity index (χ1v) is 12.7. The number of hydrogen-bond acceptors (Lipinski definition) is 6. The summed E-state index contributed by atoms with van der Waals surface area (Å²) in [6.07, 6.45) is 6.08.